The first kappa shape index (κ1) is 17.0. The molecule has 1 aromatic rings. The Labute approximate surface area is 142 Å². The molecule has 0 unspecified atom stereocenters. The molecule has 0 bridgehead atoms. The van der Waals surface area contributed by atoms with Crippen LogP contribution in [0.1, 0.15) is 52.0 Å². The molecule has 0 N–H and O–H groups in total. The Kier molecular flexibility index (Phi) is 5.43. The summed E-state index contributed by atoms with van der Waals surface area (Å²) < 4.78 is 0. The number of hydrogen-bond acceptors (Lipinski definition) is 2. The van der Waals surface area contributed by atoms with E-state index >= 15 is 0 Å². The van der Waals surface area contributed by atoms with E-state index in [2.05, 4.69) is 60.9 Å². The monoisotopic (exact) mass is 314 g/mol. The Morgan fingerprint density at radius 2 is 1.48 bits per heavy atom. The molecular formula is C21H34N2. The van der Waals surface area contributed by atoms with E-state index in [9.17, 15) is 0 Å². The van der Waals surface area contributed by atoms with Crippen molar-refractivity contribution in [2.75, 3.05) is 26.2 Å². The van der Waals surface area contributed by atoms with Crippen LogP contribution >= 0.6 is 0 Å². The predicted molar refractivity (Wildman–Crippen MR) is 98.5 cm³/mol. The van der Waals surface area contributed by atoms with Gasteiger partial charge in [0.25, 0.3) is 0 Å². The highest BCUT2D eigenvalue weighted by atomic mass is 15.3. The van der Waals surface area contributed by atoms with Crippen LogP contribution in [0.5, 0.6) is 0 Å². The fraction of sp³-hybridized carbons (Fsp3) is 0.714. The van der Waals surface area contributed by atoms with E-state index in [1.54, 1.807) is 0 Å². The van der Waals surface area contributed by atoms with E-state index in [0.717, 1.165) is 18.5 Å². The number of hydrogen-bond donors (Lipinski definition) is 0. The van der Waals surface area contributed by atoms with Crippen molar-refractivity contribution in [1.29, 1.82) is 0 Å². The van der Waals surface area contributed by atoms with Crippen LogP contribution in [0.25, 0.3) is 0 Å². The summed E-state index contributed by atoms with van der Waals surface area (Å²) in [5.41, 5.74) is 1.95. The van der Waals surface area contributed by atoms with Gasteiger partial charge in [-0.3, -0.25) is 9.80 Å². The molecule has 1 aliphatic carbocycles. The highest BCUT2D eigenvalue weighted by Gasteiger charge is 2.32. The van der Waals surface area contributed by atoms with E-state index in [4.69, 9.17) is 0 Å². The second-order valence-electron chi connectivity index (χ2n) is 8.67. The highest BCUT2D eigenvalue weighted by molar-refractivity contribution is 5.14. The summed E-state index contributed by atoms with van der Waals surface area (Å²) >= 11 is 0. The SMILES string of the molecule is CC(C)(C)C1CCC(N2CCN(Cc3ccccc3)CC2)CC1. The summed E-state index contributed by atoms with van der Waals surface area (Å²) in [7, 11) is 0. The van der Waals surface area contributed by atoms with Gasteiger partial charge in [0.15, 0.2) is 0 Å². The molecule has 1 heterocycles. The Balaban J connectivity index is 1.43. The minimum absolute atomic E-state index is 0.499. The normalized spacial score (nSPS) is 28.0. The van der Waals surface area contributed by atoms with Crippen LogP contribution in [-0.2, 0) is 6.54 Å². The minimum Gasteiger partial charge on any atom is -0.298 e. The summed E-state index contributed by atoms with van der Waals surface area (Å²) in [4.78, 5) is 5.40. The van der Waals surface area contributed by atoms with Gasteiger partial charge in [-0.05, 0) is 42.6 Å². The van der Waals surface area contributed by atoms with Crippen molar-refractivity contribution in [2.45, 2.75) is 59.0 Å². The molecule has 2 aliphatic rings. The van der Waals surface area contributed by atoms with Gasteiger partial charge in [-0.25, -0.2) is 0 Å². The Morgan fingerprint density at radius 1 is 0.870 bits per heavy atom. The molecule has 1 aliphatic heterocycles. The van der Waals surface area contributed by atoms with Crippen molar-refractivity contribution >= 4 is 0 Å². The fourth-order valence-electron chi connectivity index (χ4n) is 4.44. The van der Waals surface area contributed by atoms with Crippen LogP contribution in [0.3, 0.4) is 0 Å². The molecule has 0 aromatic heterocycles. The molecule has 0 radical (unpaired) electrons. The molecule has 128 valence electrons. The minimum atomic E-state index is 0.499. The smallest absolute Gasteiger partial charge is 0.0234 e. The molecule has 2 heteroatoms. The Bertz CT molecular complexity index is 460. The predicted octanol–water partition coefficient (Wildman–Crippen LogP) is 4.41. The van der Waals surface area contributed by atoms with E-state index in [1.165, 1.54) is 57.4 Å². The lowest BCUT2D eigenvalue weighted by molar-refractivity contribution is 0.0520. The zero-order valence-electron chi connectivity index (χ0n) is 15.3. The molecule has 0 amide bonds. The van der Waals surface area contributed by atoms with Gasteiger partial charge in [-0.1, -0.05) is 51.1 Å². The maximum absolute atomic E-state index is 2.78. The largest absolute Gasteiger partial charge is 0.298 e. The van der Waals surface area contributed by atoms with Gasteiger partial charge >= 0.3 is 0 Å². The van der Waals surface area contributed by atoms with Gasteiger partial charge < -0.3 is 0 Å². The Morgan fingerprint density at radius 3 is 2.04 bits per heavy atom. The topological polar surface area (TPSA) is 6.48 Å². The van der Waals surface area contributed by atoms with Gasteiger partial charge in [0.1, 0.15) is 0 Å². The van der Waals surface area contributed by atoms with Crippen LogP contribution < -0.4 is 0 Å². The number of rotatable bonds is 3. The molecule has 1 aromatic carbocycles. The molecule has 1 saturated heterocycles. The van der Waals surface area contributed by atoms with Crippen molar-refractivity contribution in [3.05, 3.63) is 35.9 Å². The average Bonchev–Trinajstić information content (AvgIpc) is 2.56. The second kappa shape index (κ2) is 7.36. The third-order valence-corrected chi connectivity index (χ3v) is 6.09. The van der Waals surface area contributed by atoms with Crippen LogP contribution in [0.2, 0.25) is 0 Å². The van der Waals surface area contributed by atoms with Crippen molar-refractivity contribution in [2.24, 2.45) is 11.3 Å². The molecule has 1 saturated carbocycles. The van der Waals surface area contributed by atoms with E-state index in [-0.39, 0.29) is 0 Å². The summed E-state index contributed by atoms with van der Waals surface area (Å²) in [6.07, 6.45) is 5.69. The lowest BCUT2D eigenvalue weighted by Crippen LogP contribution is -2.51. The molecule has 23 heavy (non-hydrogen) atoms. The number of piperazine rings is 1. The summed E-state index contributed by atoms with van der Waals surface area (Å²) in [5, 5.41) is 0. The van der Waals surface area contributed by atoms with Crippen molar-refractivity contribution in [1.82, 2.24) is 9.80 Å². The number of nitrogens with zero attached hydrogens (tertiary/aromatic N) is 2. The van der Waals surface area contributed by atoms with Crippen molar-refractivity contribution in [3.63, 3.8) is 0 Å². The standard InChI is InChI=1S/C21H34N2/c1-21(2,3)19-9-11-20(12-10-19)23-15-13-22(14-16-23)17-18-7-5-4-6-8-18/h4-8,19-20H,9-17H2,1-3H3. The lowest BCUT2D eigenvalue weighted by Gasteiger charge is -2.44. The zero-order valence-corrected chi connectivity index (χ0v) is 15.3. The Hall–Kier alpha value is -0.860. The molecule has 3 rings (SSSR count). The molecule has 2 nitrogen and oxygen atoms in total. The molecule has 0 spiro atoms. The number of benzene rings is 1. The van der Waals surface area contributed by atoms with Crippen molar-refractivity contribution in [3.8, 4) is 0 Å². The first-order chi connectivity index (χ1) is 11.0. The average molecular weight is 315 g/mol. The van der Waals surface area contributed by atoms with Crippen LogP contribution in [0, 0.1) is 11.3 Å². The van der Waals surface area contributed by atoms with Crippen LogP contribution in [-0.4, -0.2) is 42.0 Å². The third-order valence-electron chi connectivity index (χ3n) is 6.09. The summed E-state index contributed by atoms with van der Waals surface area (Å²) in [6.45, 7) is 13.4. The van der Waals surface area contributed by atoms with E-state index < -0.39 is 0 Å². The quantitative estimate of drug-likeness (QED) is 0.815. The van der Waals surface area contributed by atoms with Crippen LogP contribution in [0.15, 0.2) is 30.3 Å². The summed E-state index contributed by atoms with van der Waals surface area (Å²) in [6, 6.07) is 11.8. The van der Waals surface area contributed by atoms with Crippen molar-refractivity contribution < 1.29 is 0 Å². The first-order valence-corrected chi connectivity index (χ1v) is 9.53. The van der Waals surface area contributed by atoms with E-state index in [1.807, 2.05) is 0 Å². The van der Waals surface area contributed by atoms with Gasteiger partial charge in [0.2, 0.25) is 0 Å². The second-order valence-corrected chi connectivity index (χ2v) is 8.67. The zero-order chi connectivity index (χ0) is 16.3. The molecular weight excluding hydrogens is 280 g/mol. The first-order valence-electron chi connectivity index (χ1n) is 9.53. The fourth-order valence-corrected chi connectivity index (χ4v) is 4.44. The maximum Gasteiger partial charge on any atom is 0.0234 e. The van der Waals surface area contributed by atoms with Gasteiger partial charge in [-0.15, -0.1) is 0 Å². The van der Waals surface area contributed by atoms with Gasteiger partial charge in [0.05, 0.1) is 0 Å². The maximum atomic E-state index is 2.78. The lowest BCUT2D eigenvalue weighted by atomic mass is 9.71. The van der Waals surface area contributed by atoms with Crippen LogP contribution in [0.4, 0.5) is 0 Å². The third kappa shape index (κ3) is 4.58. The molecule has 2 fully saturated rings. The summed E-state index contributed by atoms with van der Waals surface area (Å²) in [5.74, 6) is 0.929. The molecule has 0 atom stereocenters. The highest BCUT2D eigenvalue weighted by Crippen LogP contribution is 2.39. The van der Waals surface area contributed by atoms with Gasteiger partial charge in [0, 0.05) is 38.8 Å². The van der Waals surface area contributed by atoms with E-state index in [0.29, 0.717) is 5.41 Å². The van der Waals surface area contributed by atoms with Gasteiger partial charge in [-0.2, -0.15) is 0 Å².